The third-order valence-electron chi connectivity index (χ3n) is 9.24. The summed E-state index contributed by atoms with van der Waals surface area (Å²) in [5.41, 5.74) is 13.5. The topological polar surface area (TPSA) is 90.7 Å². The molecule has 4 aromatic carbocycles. The van der Waals surface area contributed by atoms with Gasteiger partial charge in [0.05, 0.1) is 0 Å². The highest BCUT2D eigenvalue weighted by Gasteiger charge is 2.32. The summed E-state index contributed by atoms with van der Waals surface area (Å²) in [6, 6.07) is 35.8. The van der Waals surface area contributed by atoms with Crippen LogP contribution in [-0.4, -0.2) is 53.6 Å². The number of carbonyl (C=O) groups is 2. The Bertz CT molecular complexity index is 1580. The van der Waals surface area contributed by atoms with Crippen molar-refractivity contribution in [2.75, 3.05) is 30.3 Å². The van der Waals surface area contributed by atoms with Gasteiger partial charge in [-0.3, -0.25) is 0 Å². The Kier molecular flexibility index (Phi) is 12.1. The van der Waals surface area contributed by atoms with Gasteiger partial charge in [0.1, 0.15) is 0 Å². The van der Waals surface area contributed by atoms with Crippen LogP contribution < -0.4 is 16.4 Å². The fourth-order valence-electron chi connectivity index (χ4n) is 6.53. The molecule has 4 N–H and O–H groups in total. The highest BCUT2D eigenvalue weighted by Crippen LogP contribution is 2.29. The summed E-state index contributed by atoms with van der Waals surface area (Å²) < 4.78 is 0. The summed E-state index contributed by atoms with van der Waals surface area (Å²) in [4.78, 5) is 31.4. The monoisotopic (exact) mass is 643 g/mol. The highest BCUT2D eigenvalue weighted by atomic mass is 16.2. The lowest BCUT2D eigenvalue weighted by Crippen LogP contribution is -2.54. The van der Waals surface area contributed by atoms with Gasteiger partial charge < -0.3 is 26.2 Å². The first-order valence-electron chi connectivity index (χ1n) is 17.1. The molecule has 1 saturated carbocycles. The smallest absolute Gasteiger partial charge is 0.322 e. The number of rotatable bonds is 12. The van der Waals surface area contributed by atoms with Gasteiger partial charge in [0.25, 0.3) is 0 Å². The Balaban J connectivity index is 1.36. The Hall–Kier alpha value is -4.88. The molecule has 7 heteroatoms. The van der Waals surface area contributed by atoms with Crippen molar-refractivity contribution in [3.05, 3.63) is 144 Å². The Morgan fingerprint density at radius 1 is 0.729 bits per heavy atom. The minimum Gasteiger partial charge on any atom is -0.326 e. The van der Waals surface area contributed by atoms with Crippen LogP contribution in [0.15, 0.2) is 121 Å². The van der Waals surface area contributed by atoms with Crippen LogP contribution in [0.5, 0.6) is 0 Å². The van der Waals surface area contributed by atoms with Crippen LogP contribution in [0.2, 0.25) is 0 Å². The molecule has 0 radical (unpaired) electrons. The van der Waals surface area contributed by atoms with Gasteiger partial charge in [0.15, 0.2) is 0 Å². The molecule has 48 heavy (non-hydrogen) atoms. The molecule has 7 nitrogen and oxygen atoms in total. The van der Waals surface area contributed by atoms with Crippen molar-refractivity contribution in [1.29, 1.82) is 0 Å². The van der Waals surface area contributed by atoms with E-state index in [1.807, 2.05) is 84.3 Å². The van der Waals surface area contributed by atoms with E-state index in [2.05, 4.69) is 65.7 Å². The lowest BCUT2D eigenvalue weighted by atomic mass is 9.88. The zero-order valence-corrected chi connectivity index (χ0v) is 28.3. The largest absolute Gasteiger partial charge is 0.326 e. The van der Waals surface area contributed by atoms with Crippen LogP contribution in [0.4, 0.5) is 21.0 Å². The first kappa shape index (κ1) is 34.5. The number of nitrogens with zero attached hydrogens (tertiary/aromatic N) is 2. The Labute approximate surface area is 285 Å². The van der Waals surface area contributed by atoms with Crippen molar-refractivity contribution in [3.63, 3.8) is 0 Å². The molecule has 1 aliphatic carbocycles. The quantitative estimate of drug-likeness (QED) is 0.135. The molecule has 0 aromatic heterocycles. The number of hydrogen-bond donors (Lipinski definition) is 3. The summed E-state index contributed by atoms with van der Waals surface area (Å²) in [5.74, 6) is 0.104. The fraction of sp³-hybridized carbons (Fsp3) is 0.317. The van der Waals surface area contributed by atoms with Crippen LogP contribution in [0.3, 0.4) is 0 Å². The molecular formula is C41H49N5O2. The van der Waals surface area contributed by atoms with Gasteiger partial charge in [-0.1, -0.05) is 115 Å². The van der Waals surface area contributed by atoms with E-state index in [-0.39, 0.29) is 30.1 Å². The van der Waals surface area contributed by atoms with Crippen LogP contribution in [0, 0.1) is 13.8 Å². The van der Waals surface area contributed by atoms with E-state index in [9.17, 15) is 9.59 Å². The maximum absolute atomic E-state index is 13.9. The maximum atomic E-state index is 13.9. The molecule has 5 rings (SSSR count). The standard InChI is InChI=1S/C41H49N5O2/c1-30-18-22-35(23-19-30)43-40(47)45(27-26-37(33-12-6-4-7-13-33)34-14-8-5-9-15-34)28-32(3)29-46(39-17-11-10-16-38(39)42)41(48)44-36-24-20-31(2)21-25-36/h4-9,12-15,18-25,37-39H,3,10-11,16-17,26-29,42H2,1-2H3,(H,43,47)(H,44,48). The molecule has 250 valence electrons. The van der Waals surface area contributed by atoms with Gasteiger partial charge in [0.2, 0.25) is 0 Å². The number of nitrogens with one attached hydrogen (secondary N) is 2. The van der Waals surface area contributed by atoms with Crippen LogP contribution >= 0.6 is 0 Å². The number of nitrogens with two attached hydrogens (primary N) is 1. The van der Waals surface area contributed by atoms with Gasteiger partial charge in [-0.2, -0.15) is 0 Å². The zero-order valence-electron chi connectivity index (χ0n) is 28.3. The molecule has 0 aliphatic heterocycles. The predicted octanol–water partition coefficient (Wildman–Crippen LogP) is 8.72. The lowest BCUT2D eigenvalue weighted by molar-refractivity contribution is 0.160. The lowest BCUT2D eigenvalue weighted by Gasteiger charge is -2.39. The summed E-state index contributed by atoms with van der Waals surface area (Å²) in [5, 5.41) is 6.17. The molecule has 4 aromatic rings. The molecule has 0 heterocycles. The second-order valence-electron chi connectivity index (χ2n) is 13.1. The van der Waals surface area contributed by atoms with Crippen molar-refractivity contribution >= 4 is 23.4 Å². The number of benzene rings is 4. The van der Waals surface area contributed by atoms with Crippen molar-refractivity contribution in [1.82, 2.24) is 9.80 Å². The Morgan fingerprint density at radius 3 is 1.75 bits per heavy atom. The minimum absolute atomic E-state index is 0.104. The molecule has 2 unspecified atom stereocenters. The molecular weight excluding hydrogens is 594 g/mol. The molecule has 0 spiro atoms. The van der Waals surface area contributed by atoms with E-state index in [0.717, 1.165) is 53.8 Å². The predicted molar refractivity (Wildman–Crippen MR) is 197 cm³/mol. The summed E-state index contributed by atoms with van der Waals surface area (Å²) in [6.07, 6.45) is 4.50. The van der Waals surface area contributed by atoms with Gasteiger partial charge in [0, 0.05) is 49.0 Å². The molecule has 1 aliphatic rings. The number of anilines is 2. The van der Waals surface area contributed by atoms with E-state index >= 15 is 0 Å². The highest BCUT2D eigenvalue weighted by molar-refractivity contribution is 5.90. The summed E-state index contributed by atoms with van der Waals surface area (Å²) in [7, 11) is 0. The molecule has 0 bridgehead atoms. The third-order valence-corrected chi connectivity index (χ3v) is 9.24. The number of carbonyl (C=O) groups excluding carboxylic acids is 2. The van der Waals surface area contributed by atoms with E-state index < -0.39 is 0 Å². The summed E-state index contributed by atoms with van der Waals surface area (Å²) >= 11 is 0. The molecule has 0 saturated heterocycles. The molecule has 1 fully saturated rings. The molecule has 2 atom stereocenters. The second kappa shape index (κ2) is 16.8. The van der Waals surface area contributed by atoms with E-state index in [0.29, 0.717) is 26.1 Å². The van der Waals surface area contributed by atoms with Gasteiger partial charge in [-0.15, -0.1) is 0 Å². The van der Waals surface area contributed by atoms with E-state index in [4.69, 9.17) is 5.73 Å². The summed E-state index contributed by atoms with van der Waals surface area (Å²) in [6.45, 7) is 9.54. The molecule has 4 amide bonds. The van der Waals surface area contributed by atoms with Crippen molar-refractivity contribution in [2.24, 2.45) is 5.73 Å². The zero-order chi connectivity index (χ0) is 33.9. The van der Waals surface area contributed by atoms with Gasteiger partial charge in [-0.05, 0) is 74.1 Å². The number of aryl methyl sites for hydroxylation is 2. The van der Waals surface area contributed by atoms with E-state index in [1.54, 1.807) is 0 Å². The SMILES string of the molecule is C=C(CN(CCC(c1ccccc1)c1ccccc1)C(=O)Nc1ccc(C)cc1)CN(C(=O)Nc1ccc(C)cc1)C1CCCCC1N. The second-order valence-corrected chi connectivity index (χ2v) is 13.1. The van der Waals surface area contributed by atoms with Crippen LogP contribution in [-0.2, 0) is 0 Å². The maximum Gasteiger partial charge on any atom is 0.322 e. The number of amides is 4. The normalized spacial score (nSPS) is 15.8. The van der Waals surface area contributed by atoms with Crippen molar-refractivity contribution in [3.8, 4) is 0 Å². The minimum atomic E-state index is -0.204. The number of hydrogen-bond acceptors (Lipinski definition) is 3. The van der Waals surface area contributed by atoms with Crippen molar-refractivity contribution in [2.45, 2.75) is 64.0 Å². The van der Waals surface area contributed by atoms with E-state index in [1.165, 1.54) is 11.1 Å². The fourth-order valence-corrected chi connectivity index (χ4v) is 6.53. The van der Waals surface area contributed by atoms with Gasteiger partial charge >= 0.3 is 12.1 Å². The third kappa shape index (κ3) is 9.58. The van der Waals surface area contributed by atoms with Crippen molar-refractivity contribution < 1.29 is 9.59 Å². The van der Waals surface area contributed by atoms with Gasteiger partial charge in [-0.25, -0.2) is 9.59 Å². The Morgan fingerprint density at radius 2 is 1.23 bits per heavy atom. The number of urea groups is 2. The average molecular weight is 644 g/mol. The first-order valence-corrected chi connectivity index (χ1v) is 17.1. The van der Waals surface area contributed by atoms with Crippen LogP contribution in [0.1, 0.15) is 60.3 Å². The average Bonchev–Trinajstić information content (AvgIpc) is 3.10. The van der Waals surface area contributed by atoms with Crippen LogP contribution in [0.25, 0.3) is 0 Å². The first-order chi connectivity index (χ1) is 23.3.